The SMILES string of the molecule is O[C@@]12CC/C=C\Cc3c(Cl)cc4[nH]ncc4c3-c3ncc4c(nc(OC[C@@]56CCCN5C[C@H](F)C6)nc4c3F)N3CCC4C1[C@]4(C3)C2. The zero-order chi connectivity index (χ0) is 31.7. The predicted molar refractivity (Wildman–Crippen MR) is 174 cm³/mol. The molecule has 3 saturated heterocycles. The lowest BCUT2D eigenvalue weighted by Crippen LogP contribution is -2.50. The zero-order valence-electron chi connectivity index (χ0n) is 26.0. The van der Waals surface area contributed by atoms with Gasteiger partial charge in [-0.2, -0.15) is 15.1 Å². The number of hydrogen-bond acceptors (Lipinski definition) is 8. The van der Waals surface area contributed by atoms with Crippen molar-refractivity contribution in [2.75, 3.05) is 37.7 Å². The van der Waals surface area contributed by atoms with Gasteiger partial charge in [-0.1, -0.05) is 23.8 Å². The molecule has 47 heavy (non-hydrogen) atoms. The van der Waals surface area contributed by atoms with Gasteiger partial charge in [-0.25, -0.2) is 8.78 Å². The molecule has 2 saturated carbocycles. The van der Waals surface area contributed by atoms with E-state index in [9.17, 15) is 9.50 Å². The van der Waals surface area contributed by atoms with Gasteiger partial charge in [0, 0.05) is 48.2 Å². The van der Waals surface area contributed by atoms with Crippen LogP contribution in [0.5, 0.6) is 6.01 Å². The topological polar surface area (TPSA) is 103 Å². The third kappa shape index (κ3) is 3.99. The van der Waals surface area contributed by atoms with E-state index in [1.807, 2.05) is 6.07 Å². The Morgan fingerprint density at radius 3 is 2.98 bits per heavy atom. The van der Waals surface area contributed by atoms with E-state index in [1.165, 1.54) is 0 Å². The molecule has 7 bridgehead atoms. The monoisotopic (exact) mass is 659 g/mol. The van der Waals surface area contributed by atoms with Gasteiger partial charge in [0.15, 0.2) is 5.82 Å². The summed E-state index contributed by atoms with van der Waals surface area (Å²) in [6.45, 7) is 3.00. The summed E-state index contributed by atoms with van der Waals surface area (Å²) in [5.74, 6) is 0.778. The van der Waals surface area contributed by atoms with E-state index in [4.69, 9.17) is 31.3 Å². The van der Waals surface area contributed by atoms with Crippen molar-refractivity contribution in [2.24, 2.45) is 17.3 Å². The number of fused-ring (bicyclic) bond motifs is 6. The van der Waals surface area contributed by atoms with Crippen LogP contribution >= 0.6 is 11.6 Å². The average Bonchev–Trinajstić information content (AvgIpc) is 3.42. The third-order valence-corrected chi connectivity index (χ3v) is 12.8. The van der Waals surface area contributed by atoms with E-state index in [1.54, 1.807) is 12.4 Å². The number of pyridine rings is 1. The van der Waals surface area contributed by atoms with Gasteiger partial charge in [0.05, 0.1) is 28.2 Å². The standard InChI is InChI=1S/C35H36ClF2N7O2/c36-24-11-25-21(14-40-43-25)26-20(24)5-2-1-3-8-35(46)16-34-17-44(10-6-23(34)30(34)35)31-22-13-39-29(26)27(38)28(22)41-32(42-31)47-18-33-7-4-9-45(33)15-19(37)12-33/h1-2,11,13-14,19,23,30,46H,3-10,12,15-18H2,(H,40,43)/b2-1-/t19-,23?,30?,33+,34+,35-/m1/s1. The predicted octanol–water partition coefficient (Wildman–Crippen LogP) is 5.79. The van der Waals surface area contributed by atoms with Gasteiger partial charge in [0.2, 0.25) is 0 Å². The van der Waals surface area contributed by atoms with Crippen LogP contribution in [-0.4, -0.2) is 85.3 Å². The van der Waals surface area contributed by atoms with Gasteiger partial charge >= 0.3 is 6.01 Å². The molecule has 1 aromatic carbocycles. The molecule has 0 radical (unpaired) electrons. The first-order valence-corrected chi connectivity index (χ1v) is 17.3. The Morgan fingerprint density at radius 1 is 1.15 bits per heavy atom. The number of allylic oxidation sites excluding steroid dienone is 2. The molecule has 7 aliphatic rings. The highest BCUT2D eigenvalue weighted by Crippen LogP contribution is 2.79. The number of nitrogens with zero attached hydrogens (tertiary/aromatic N) is 6. The molecule has 6 atom stereocenters. The summed E-state index contributed by atoms with van der Waals surface area (Å²) >= 11 is 6.85. The Morgan fingerprint density at radius 2 is 2.06 bits per heavy atom. The Kier molecular flexibility index (Phi) is 5.98. The van der Waals surface area contributed by atoms with Crippen molar-refractivity contribution in [3.05, 3.63) is 47.0 Å². The molecule has 0 amide bonds. The minimum absolute atomic E-state index is 0.0504. The number of alkyl halides is 1. The van der Waals surface area contributed by atoms with Crippen molar-refractivity contribution < 1.29 is 18.6 Å². The quantitative estimate of drug-likeness (QED) is 0.267. The van der Waals surface area contributed by atoms with Gasteiger partial charge in [-0.3, -0.25) is 15.0 Å². The van der Waals surface area contributed by atoms with Crippen LogP contribution in [0.15, 0.2) is 30.6 Å². The fourth-order valence-corrected chi connectivity index (χ4v) is 10.8. The first-order chi connectivity index (χ1) is 22.8. The van der Waals surface area contributed by atoms with Crippen LogP contribution in [0.4, 0.5) is 14.6 Å². The number of piperidine rings is 1. The lowest BCUT2D eigenvalue weighted by atomic mass is 9.68. The van der Waals surface area contributed by atoms with Crippen LogP contribution in [-0.2, 0) is 6.42 Å². The summed E-state index contributed by atoms with van der Waals surface area (Å²) in [7, 11) is 0. The van der Waals surface area contributed by atoms with Gasteiger partial charge in [-0.05, 0) is 80.4 Å². The normalized spacial score (nSPS) is 34.8. The van der Waals surface area contributed by atoms with Gasteiger partial charge < -0.3 is 14.7 Å². The minimum Gasteiger partial charge on any atom is -0.461 e. The molecule has 3 aromatic heterocycles. The van der Waals surface area contributed by atoms with E-state index in [-0.39, 0.29) is 35.2 Å². The number of benzene rings is 1. The number of aromatic nitrogens is 5. The number of aromatic amines is 1. The molecule has 9 nitrogen and oxygen atoms in total. The van der Waals surface area contributed by atoms with Crippen LogP contribution in [0.1, 0.15) is 50.5 Å². The molecule has 12 heteroatoms. The zero-order valence-corrected chi connectivity index (χ0v) is 26.7. The highest BCUT2D eigenvalue weighted by molar-refractivity contribution is 6.33. The van der Waals surface area contributed by atoms with E-state index < -0.39 is 23.1 Å². The number of rotatable bonds is 3. The van der Waals surface area contributed by atoms with Crippen molar-refractivity contribution in [1.29, 1.82) is 0 Å². The van der Waals surface area contributed by atoms with Crippen LogP contribution < -0.4 is 9.64 Å². The average molecular weight is 660 g/mol. The highest BCUT2D eigenvalue weighted by Gasteiger charge is 2.81. The first kappa shape index (κ1) is 28.6. The number of nitrogens with one attached hydrogen (secondary N) is 1. The molecule has 2 N–H and O–H groups in total. The molecule has 1 spiro atoms. The minimum atomic E-state index is -0.885. The summed E-state index contributed by atoms with van der Waals surface area (Å²) in [5, 5.41) is 20.6. The van der Waals surface area contributed by atoms with Crippen LogP contribution in [0.2, 0.25) is 5.02 Å². The molecular weight excluding hydrogens is 624 g/mol. The molecule has 5 fully saturated rings. The summed E-state index contributed by atoms with van der Waals surface area (Å²) in [5.41, 5.74) is 1.26. The fourth-order valence-electron chi connectivity index (χ4n) is 10.5. The van der Waals surface area contributed by atoms with E-state index in [2.05, 4.69) is 32.1 Å². The lowest BCUT2D eigenvalue weighted by molar-refractivity contribution is -0.0833. The Bertz CT molecular complexity index is 2010. The van der Waals surface area contributed by atoms with Crippen molar-refractivity contribution in [3.8, 4) is 17.3 Å². The number of hydrogen-bond donors (Lipinski definition) is 2. The summed E-state index contributed by atoms with van der Waals surface area (Å²) in [6, 6.07) is 1.90. The number of aliphatic hydroxyl groups is 1. The van der Waals surface area contributed by atoms with Gasteiger partial charge in [0.1, 0.15) is 29.8 Å². The first-order valence-electron chi connectivity index (χ1n) is 16.9. The number of H-pyrrole nitrogens is 1. The molecule has 4 aromatic rings. The third-order valence-electron chi connectivity index (χ3n) is 12.5. The van der Waals surface area contributed by atoms with Crippen LogP contribution in [0, 0.1) is 23.1 Å². The molecular formula is C35H36ClF2N7O2. The van der Waals surface area contributed by atoms with E-state index >= 15 is 4.39 Å². The molecule has 8 heterocycles. The van der Waals surface area contributed by atoms with Crippen LogP contribution in [0.3, 0.4) is 0 Å². The summed E-state index contributed by atoms with van der Waals surface area (Å²) in [6.07, 6.45) is 12.5. The number of halogens is 3. The van der Waals surface area contributed by atoms with Crippen molar-refractivity contribution in [1.82, 2.24) is 30.0 Å². The van der Waals surface area contributed by atoms with Gasteiger partial charge in [-0.15, -0.1) is 0 Å². The second-order valence-corrected chi connectivity index (χ2v) is 15.3. The molecule has 2 aliphatic carbocycles. The fraction of sp³-hybridized carbons (Fsp3) is 0.543. The van der Waals surface area contributed by atoms with E-state index in [0.717, 1.165) is 63.7 Å². The Labute approximate surface area is 275 Å². The maximum absolute atomic E-state index is 17.1. The smallest absolute Gasteiger partial charge is 0.319 e. The largest absolute Gasteiger partial charge is 0.461 e. The van der Waals surface area contributed by atoms with Crippen molar-refractivity contribution in [2.45, 2.75) is 68.7 Å². The molecule has 2 unspecified atom stereocenters. The number of anilines is 1. The van der Waals surface area contributed by atoms with Gasteiger partial charge in [0.25, 0.3) is 0 Å². The second kappa shape index (κ2) is 9.83. The summed E-state index contributed by atoms with van der Waals surface area (Å²) < 4.78 is 38.0. The lowest BCUT2D eigenvalue weighted by Gasteiger charge is -2.45. The summed E-state index contributed by atoms with van der Waals surface area (Å²) in [4.78, 5) is 18.8. The van der Waals surface area contributed by atoms with E-state index in [0.29, 0.717) is 58.0 Å². The second-order valence-electron chi connectivity index (χ2n) is 14.9. The maximum atomic E-state index is 17.1. The Balaban J connectivity index is 1.14. The molecule has 11 rings (SSSR count). The van der Waals surface area contributed by atoms with Crippen molar-refractivity contribution in [3.63, 3.8) is 0 Å². The Hall–Kier alpha value is -3.41. The molecule has 5 aliphatic heterocycles. The number of ether oxygens (including phenoxy) is 1. The maximum Gasteiger partial charge on any atom is 0.319 e. The van der Waals surface area contributed by atoms with Crippen LogP contribution in [0.25, 0.3) is 33.1 Å². The molecule has 244 valence electrons. The van der Waals surface area contributed by atoms with Crippen molar-refractivity contribution >= 4 is 39.2 Å². The highest BCUT2D eigenvalue weighted by atomic mass is 35.5.